The highest BCUT2D eigenvalue weighted by atomic mass is 19.4. The predicted octanol–water partition coefficient (Wildman–Crippen LogP) is 3.04. The molecule has 0 aromatic heterocycles. The summed E-state index contributed by atoms with van der Waals surface area (Å²) in [5.41, 5.74) is 0.136. The summed E-state index contributed by atoms with van der Waals surface area (Å²) in [5, 5.41) is 12.7. The number of ether oxygens (including phenoxy) is 1. The van der Waals surface area contributed by atoms with Crippen molar-refractivity contribution in [3.63, 3.8) is 0 Å². The Morgan fingerprint density at radius 1 is 1.12 bits per heavy atom. The molecule has 1 aliphatic heterocycles. The van der Waals surface area contributed by atoms with Crippen LogP contribution >= 0.6 is 0 Å². The molecule has 2 amide bonds. The average molecular weight is 464 g/mol. The van der Waals surface area contributed by atoms with Crippen LogP contribution in [-0.4, -0.2) is 54.2 Å². The molecule has 2 aromatic carbocycles. The summed E-state index contributed by atoms with van der Waals surface area (Å²) < 4.78 is 43.1. The minimum atomic E-state index is -4.43. The number of carbonyl (C=O) groups is 2. The zero-order valence-electron chi connectivity index (χ0n) is 18.1. The number of hydrogen-bond donors (Lipinski definition) is 2. The minimum Gasteiger partial charge on any atom is -0.491 e. The topological polar surface area (TPSA) is 78.9 Å². The van der Waals surface area contributed by atoms with Crippen molar-refractivity contribution in [1.82, 2.24) is 10.2 Å². The Bertz CT molecular complexity index is 920. The van der Waals surface area contributed by atoms with Gasteiger partial charge in [-0.2, -0.15) is 13.2 Å². The van der Waals surface area contributed by atoms with Crippen molar-refractivity contribution in [2.75, 3.05) is 26.2 Å². The summed E-state index contributed by atoms with van der Waals surface area (Å²) in [5.74, 6) is -0.445. The first-order chi connectivity index (χ1) is 15.7. The van der Waals surface area contributed by atoms with Gasteiger partial charge in [0.15, 0.2) is 0 Å². The van der Waals surface area contributed by atoms with E-state index in [4.69, 9.17) is 4.74 Å². The van der Waals surface area contributed by atoms with Crippen LogP contribution in [0.25, 0.3) is 0 Å². The minimum absolute atomic E-state index is 0.0244. The number of piperidine rings is 1. The van der Waals surface area contributed by atoms with E-state index >= 15 is 0 Å². The fraction of sp³-hybridized carbons (Fsp3) is 0.417. The Labute approximate surface area is 190 Å². The maximum absolute atomic E-state index is 12.6. The van der Waals surface area contributed by atoms with Crippen molar-refractivity contribution in [2.45, 2.75) is 31.5 Å². The molecule has 0 spiro atoms. The van der Waals surface area contributed by atoms with E-state index in [0.29, 0.717) is 19.5 Å². The van der Waals surface area contributed by atoms with Gasteiger partial charge in [0.1, 0.15) is 18.5 Å². The average Bonchev–Trinajstić information content (AvgIpc) is 2.81. The largest absolute Gasteiger partial charge is 0.491 e. The zero-order chi connectivity index (χ0) is 23.8. The maximum atomic E-state index is 12.6. The number of nitrogens with one attached hydrogen (secondary N) is 1. The number of carbonyl (C=O) groups excluding carboxylic acids is 2. The van der Waals surface area contributed by atoms with Gasteiger partial charge in [-0.05, 0) is 42.7 Å². The van der Waals surface area contributed by atoms with E-state index in [1.54, 1.807) is 4.90 Å². The van der Waals surface area contributed by atoms with E-state index in [9.17, 15) is 27.9 Å². The maximum Gasteiger partial charge on any atom is 0.416 e. The van der Waals surface area contributed by atoms with E-state index < -0.39 is 17.8 Å². The van der Waals surface area contributed by atoms with Gasteiger partial charge in [0.2, 0.25) is 11.8 Å². The van der Waals surface area contributed by atoms with E-state index in [2.05, 4.69) is 5.32 Å². The Hall–Kier alpha value is -3.07. The van der Waals surface area contributed by atoms with Gasteiger partial charge in [-0.1, -0.05) is 30.3 Å². The molecule has 2 N–H and O–H groups in total. The van der Waals surface area contributed by atoms with Crippen LogP contribution in [0.3, 0.4) is 0 Å². The monoisotopic (exact) mass is 464 g/mol. The number of likely N-dealkylation sites (tertiary alicyclic amines) is 1. The summed E-state index contributed by atoms with van der Waals surface area (Å²) in [4.78, 5) is 26.8. The fourth-order valence-electron chi connectivity index (χ4n) is 3.65. The predicted molar refractivity (Wildman–Crippen MR) is 115 cm³/mol. The van der Waals surface area contributed by atoms with Gasteiger partial charge in [0, 0.05) is 19.6 Å². The van der Waals surface area contributed by atoms with E-state index in [0.717, 1.165) is 24.1 Å². The molecule has 178 valence electrons. The first-order valence-corrected chi connectivity index (χ1v) is 10.8. The molecule has 1 aliphatic rings. The third-order valence-corrected chi connectivity index (χ3v) is 5.48. The molecule has 6 nitrogen and oxygen atoms in total. The van der Waals surface area contributed by atoms with Gasteiger partial charge in [0.05, 0.1) is 17.9 Å². The first-order valence-electron chi connectivity index (χ1n) is 10.8. The van der Waals surface area contributed by atoms with Crippen LogP contribution in [0.2, 0.25) is 0 Å². The molecule has 33 heavy (non-hydrogen) atoms. The lowest BCUT2D eigenvalue weighted by molar-refractivity contribution is -0.138. The number of aliphatic hydroxyl groups is 1. The number of alkyl halides is 3. The Balaban J connectivity index is 1.40. The molecule has 2 aromatic rings. The molecule has 0 radical (unpaired) electrons. The molecule has 9 heteroatoms. The van der Waals surface area contributed by atoms with Crippen LogP contribution in [0.4, 0.5) is 13.2 Å². The molecular formula is C24H27F3N2O4. The highest BCUT2D eigenvalue weighted by Gasteiger charge is 2.30. The first kappa shape index (κ1) is 24.6. The molecule has 0 bridgehead atoms. The molecule has 0 saturated carbocycles. The van der Waals surface area contributed by atoms with Crippen molar-refractivity contribution >= 4 is 11.8 Å². The van der Waals surface area contributed by atoms with Crippen LogP contribution in [0, 0.1) is 5.92 Å². The smallest absolute Gasteiger partial charge is 0.416 e. The molecule has 1 saturated heterocycles. The summed E-state index contributed by atoms with van der Waals surface area (Å²) in [6.45, 7) is 0.695. The van der Waals surface area contributed by atoms with Crippen molar-refractivity contribution in [2.24, 2.45) is 5.92 Å². The van der Waals surface area contributed by atoms with Crippen molar-refractivity contribution in [1.29, 1.82) is 0 Å². The molecule has 1 heterocycles. The summed E-state index contributed by atoms with van der Waals surface area (Å²) >= 11 is 0. The van der Waals surface area contributed by atoms with E-state index in [1.165, 1.54) is 12.1 Å². The second-order valence-electron chi connectivity index (χ2n) is 8.07. The third-order valence-electron chi connectivity index (χ3n) is 5.48. The van der Waals surface area contributed by atoms with Gasteiger partial charge in [0.25, 0.3) is 0 Å². The van der Waals surface area contributed by atoms with Gasteiger partial charge >= 0.3 is 6.18 Å². The van der Waals surface area contributed by atoms with Crippen LogP contribution in [0.5, 0.6) is 5.75 Å². The van der Waals surface area contributed by atoms with Crippen LogP contribution < -0.4 is 10.1 Å². The molecule has 0 aliphatic carbocycles. The number of amides is 2. The third kappa shape index (κ3) is 7.49. The van der Waals surface area contributed by atoms with Crippen LogP contribution in [0.1, 0.15) is 24.0 Å². The second kappa shape index (κ2) is 11.2. The van der Waals surface area contributed by atoms with E-state index in [1.807, 2.05) is 30.3 Å². The summed E-state index contributed by atoms with van der Waals surface area (Å²) in [6, 6.07) is 13.6. The highest BCUT2D eigenvalue weighted by molar-refractivity contribution is 5.82. The quantitative estimate of drug-likeness (QED) is 0.630. The SMILES string of the molecule is O=C(NCC(O)COc1ccc(C(F)(F)F)cc1)C1CCCN(C(=O)Cc2ccccc2)C1. The Kier molecular flexibility index (Phi) is 8.32. The zero-order valence-corrected chi connectivity index (χ0v) is 18.1. The van der Waals surface area contributed by atoms with Crippen molar-refractivity contribution in [3.8, 4) is 5.75 Å². The standard InChI is InChI=1S/C24H27F3N2O4/c25-24(26,27)19-8-10-21(11-9-19)33-16-20(30)14-28-23(32)18-7-4-12-29(15-18)22(31)13-17-5-2-1-3-6-17/h1-3,5-6,8-11,18,20,30H,4,7,12-16H2,(H,28,32). The highest BCUT2D eigenvalue weighted by Crippen LogP contribution is 2.30. The molecule has 2 unspecified atom stereocenters. The number of rotatable bonds is 8. The van der Waals surface area contributed by atoms with Crippen molar-refractivity contribution in [3.05, 3.63) is 65.7 Å². The molecule has 1 fully saturated rings. The normalized spacial score (nSPS) is 17.3. The van der Waals surface area contributed by atoms with E-state index in [-0.39, 0.29) is 43.1 Å². The lowest BCUT2D eigenvalue weighted by atomic mass is 9.96. The Morgan fingerprint density at radius 2 is 1.82 bits per heavy atom. The van der Waals surface area contributed by atoms with Gasteiger partial charge in [-0.15, -0.1) is 0 Å². The lowest BCUT2D eigenvalue weighted by Gasteiger charge is -2.32. The van der Waals surface area contributed by atoms with Crippen LogP contribution in [-0.2, 0) is 22.2 Å². The Morgan fingerprint density at radius 3 is 2.48 bits per heavy atom. The molecule has 3 rings (SSSR count). The lowest BCUT2D eigenvalue weighted by Crippen LogP contribution is -2.47. The second-order valence-corrected chi connectivity index (χ2v) is 8.07. The summed E-state index contributed by atoms with van der Waals surface area (Å²) in [7, 11) is 0. The number of halogens is 3. The van der Waals surface area contributed by atoms with Crippen LogP contribution in [0.15, 0.2) is 54.6 Å². The van der Waals surface area contributed by atoms with Gasteiger partial charge in [-0.25, -0.2) is 0 Å². The fourth-order valence-corrected chi connectivity index (χ4v) is 3.65. The number of benzene rings is 2. The molecule has 2 atom stereocenters. The number of aliphatic hydroxyl groups excluding tert-OH is 1. The molecular weight excluding hydrogens is 437 g/mol. The van der Waals surface area contributed by atoms with Gasteiger partial charge < -0.3 is 20.1 Å². The van der Waals surface area contributed by atoms with Crippen molar-refractivity contribution < 1.29 is 32.6 Å². The number of hydrogen-bond acceptors (Lipinski definition) is 4. The summed E-state index contributed by atoms with van der Waals surface area (Å²) in [6.07, 6.45) is -3.80. The van der Waals surface area contributed by atoms with Gasteiger partial charge in [-0.3, -0.25) is 9.59 Å². The number of nitrogens with zero attached hydrogens (tertiary/aromatic N) is 1.